The summed E-state index contributed by atoms with van der Waals surface area (Å²) in [5.74, 6) is 4.04. The molecule has 2 rings (SSSR count). The highest BCUT2D eigenvalue weighted by Gasteiger charge is 2.27. The van der Waals surface area contributed by atoms with Crippen LogP contribution in [0.5, 0.6) is 0 Å². The topological polar surface area (TPSA) is 99.6 Å². The maximum absolute atomic E-state index is 12.1. The quantitative estimate of drug-likeness (QED) is 0.532. The number of nitrogens with zero attached hydrogens (tertiary/aromatic N) is 2. The van der Waals surface area contributed by atoms with E-state index in [0.717, 1.165) is 4.90 Å². The van der Waals surface area contributed by atoms with Crippen molar-refractivity contribution in [3.63, 3.8) is 0 Å². The number of hydrogen-bond acceptors (Lipinski definition) is 5. The van der Waals surface area contributed by atoms with Crippen LogP contribution in [0.25, 0.3) is 0 Å². The maximum atomic E-state index is 12.1. The van der Waals surface area contributed by atoms with Gasteiger partial charge in [0.1, 0.15) is 18.8 Å². The van der Waals surface area contributed by atoms with E-state index in [-0.39, 0.29) is 25.4 Å². The number of aromatic nitrogens is 1. The van der Waals surface area contributed by atoms with Crippen LogP contribution < -0.4 is 5.32 Å². The van der Waals surface area contributed by atoms with Gasteiger partial charge in [0.15, 0.2) is 0 Å². The lowest BCUT2D eigenvalue weighted by molar-refractivity contribution is -0.135. The Hall–Kier alpha value is -2.72. The summed E-state index contributed by atoms with van der Waals surface area (Å²) in [6.45, 7) is -0.337. The summed E-state index contributed by atoms with van der Waals surface area (Å²) < 4.78 is 0. The van der Waals surface area contributed by atoms with Gasteiger partial charge in [0.2, 0.25) is 11.8 Å². The molecule has 0 spiro atoms. The Bertz CT molecular complexity index is 612. The third-order valence-corrected chi connectivity index (χ3v) is 2.69. The third kappa shape index (κ3) is 3.87. The fourth-order valence-electron chi connectivity index (χ4n) is 1.76. The number of imide groups is 1. The van der Waals surface area contributed by atoms with Gasteiger partial charge in [0.25, 0.3) is 5.91 Å². The van der Waals surface area contributed by atoms with Crippen molar-refractivity contribution in [3.8, 4) is 11.8 Å². The van der Waals surface area contributed by atoms with E-state index in [1.165, 1.54) is 12.3 Å². The fourth-order valence-corrected chi connectivity index (χ4v) is 1.76. The molecule has 1 saturated heterocycles. The molecule has 7 nitrogen and oxygen atoms in total. The van der Waals surface area contributed by atoms with Crippen molar-refractivity contribution in [1.29, 1.82) is 0 Å². The highest BCUT2D eigenvalue weighted by molar-refractivity contribution is 6.05. The number of carbonyl (C=O) groups excluding carboxylic acids is 3. The molecule has 0 radical (unpaired) electrons. The number of piperazine rings is 1. The smallest absolute Gasteiger partial charge is 0.273 e. The lowest BCUT2D eigenvalue weighted by Gasteiger charge is -2.24. The molecule has 0 atom stereocenters. The van der Waals surface area contributed by atoms with Gasteiger partial charge in [-0.3, -0.25) is 19.7 Å². The molecule has 0 aliphatic carbocycles. The zero-order valence-electron chi connectivity index (χ0n) is 11.1. The predicted molar refractivity (Wildman–Crippen MR) is 71.9 cm³/mol. The van der Waals surface area contributed by atoms with E-state index in [4.69, 9.17) is 5.11 Å². The van der Waals surface area contributed by atoms with Crippen LogP contribution in [0.3, 0.4) is 0 Å². The van der Waals surface area contributed by atoms with Gasteiger partial charge in [0.05, 0.1) is 6.61 Å². The number of aliphatic hydroxyl groups excluding tert-OH is 1. The molecule has 1 aliphatic rings. The van der Waals surface area contributed by atoms with Crippen LogP contribution in [0.1, 0.15) is 22.5 Å². The van der Waals surface area contributed by atoms with Gasteiger partial charge in [-0.15, -0.1) is 0 Å². The molecule has 0 unspecified atom stereocenters. The van der Waals surface area contributed by atoms with Crippen LogP contribution in [-0.2, 0) is 9.59 Å². The van der Waals surface area contributed by atoms with Crippen molar-refractivity contribution in [2.75, 3.05) is 19.7 Å². The Balaban J connectivity index is 2.08. The summed E-state index contributed by atoms with van der Waals surface area (Å²) in [6.07, 6.45) is 1.80. The van der Waals surface area contributed by atoms with Crippen LogP contribution >= 0.6 is 0 Å². The van der Waals surface area contributed by atoms with Gasteiger partial charge in [-0.25, -0.2) is 4.98 Å². The molecule has 0 bridgehead atoms. The fraction of sp³-hybridized carbons (Fsp3) is 0.286. The standard InChI is InChI=1S/C14H13N3O4/c18-6-2-1-3-10-4-5-11(15-7-10)14(21)17-8-12(19)16-13(20)9-17/h4-5,7,18H,2,6,8-9H2,(H,16,19,20). The molecule has 0 saturated carbocycles. The normalized spacial score (nSPS) is 14.2. The summed E-state index contributed by atoms with van der Waals surface area (Å²) in [5, 5.41) is 10.7. The van der Waals surface area contributed by atoms with Crippen LogP contribution in [0.2, 0.25) is 0 Å². The van der Waals surface area contributed by atoms with Crippen molar-refractivity contribution in [2.45, 2.75) is 6.42 Å². The van der Waals surface area contributed by atoms with E-state index < -0.39 is 17.7 Å². The van der Waals surface area contributed by atoms with Crippen molar-refractivity contribution in [3.05, 3.63) is 29.6 Å². The summed E-state index contributed by atoms with van der Waals surface area (Å²) in [4.78, 5) is 39.7. The van der Waals surface area contributed by atoms with E-state index in [9.17, 15) is 14.4 Å². The molecule has 108 valence electrons. The van der Waals surface area contributed by atoms with Crippen LogP contribution in [-0.4, -0.2) is 52.4 Å². The van der Waals surface area contributed by atoms with Crippen molar-refractivity contribution in [1.82, 2.24) is 15.2 Å². The first-order chi connectivity index (χ1) is 10.1. The first kappa shape index (κ1) is 14.7. The first-order valence-electron chi connectivity index (χ1n) is 6.28. The molecule has 7 heteroatoms. The molecular weight excluding hydrogens is 274 g/mol. The lowest BCUT2D eigenvalue weighted by Crippen LogP contribution is -2.53. The molecule has 0 aromatic carbocycles. The minimum Gasteiger partial charge on any atom is -0.395 e. The number of nitrogens with one attached hydrogen (secondary N) is 1. The lowest BCUT2D eigenvalue weighted by atomic mass is 10.2. The van der Waals surface area contributed by atoms with Crippen molar-refractivity contribution in [2.24, 2.45) is 0 Å². The molecular formula is C14H13N3O4. The number of carbonyl (C=O) groups is 3. The highest BCUT2D eigenvalue weighted by atomic mass is 16.3. The zero-order valence-corrected chi connectivity index (χ0v) is 11.1. The number of hydrogen-bond donors (Lipinski definition) is 2. The van der Waals surface area contributed by atoms with E-state index in [1.54, 1.807) is 6.07 Å². The largest absolute Gasteiger partial charge is 0.395 e. The van der Waals surface area contributed by atoms with Crippen LogP contribution in [0, 0.1) is 11.8 Å². The molecule has 3 amide bonds. The third-order valence-electron chi connectivity index (χ3n) is 2.69. The van der Waals surface area contributed by atoms with Crippen LogP contribution in [0.15, 0.2) is 18.3 Å². The molecule has 2 heterocycles. The molecule has 21 heavy (non-hydrogen) atoms. The molecule has 2 N–H and O–H groups in total. The molecule has 1 fully saturated rings. The predicted octanol–water partition coefficient (Wildman–Crippen LogP) is -1.09. The van der Waals surface area contributed by atoms with Gasteiger partial charge in [0, 0.05) is 18.2 Å². The van der Waals surface area contributed by atoms with Gasteiger partial charge in [-0.1, -0.05) is 11.8 Å². The molecule has 1 aromatic rings. The van der Waals surface area contributed by atoms with E-state index in [2.05, 4.69) is 22.1 Å². The van der Waals surface area contributed by atoms with E-state index in [1.807, 2.05) is 0 Å². The average Bonchev–Trinajstić information content (AvgIpc) is 2.46. The minimum absolute atomic E-state index is 0.0119. The van der Waals surface area contributed by atoms with Crippen molar-refractivity contribution < 1.29 is 19.5 Å². The first-order valence-corrected chi connectivity index (χ1v) is 6.28. The Morgan fingerprint density at radius 3 is 2.62 bits per heavy atom. The zero-order chi connectivity index (χ0) is 15.2. The van der Waals surface area contributed by atoms with E-state index >= 15 is 0 Å². The van der Waals surface area contributed by atoms with Crippen molar-refractivity contribution >= 4 is 17.7 Å². The second kappa shape index (κ2) is 6.63. The Morgan fingerprint density at radius 2 is 2.05 bits per heavy atom. The number of pyridine rings is 1. The molecule has 1 aromatic heterocycles. The van der Waals surface area contributed by atoms with E-state index in [0.29, 0.717) is 12.0 Å². The second-order valence-corrected chi connectivity index (χ2v) is 4.34. The second-order valence-electron chi connectivity index (χ2n) is 4.34. The van der Waals surface area contributed by atoms with Gasteiger partial charge >= 0.3 is 0 Å². The van der Waals surface area contributed by atoms with Crippen LogP contribution in [0.4, 0.5) is 0 Å². The summed E-state index contributed by atoms with van der Waals surface area (Å²) >= 11 is 0. The SMILES string of the molecule is O=C1CN(C(=O)c2ccc(C#CCCO)cn2)CC(=O)N1. The average molecular weight is 287 g/mol. The summed E-state index contributed by atoms with van der Waals surface area (Å²) in [7, 11) is 0. The Kier molecular flexibility index (Phi) is 4.64. The Labute approximate surface area is 121 Å². The highest BCUT2D eigenvalue weighted by Crippen LogP contribution is 2.05. The van der Waals surface area contributed by atoms with Gasteiger partial charge < -0.3 is 10.0 Å². The maximum Gasteiger partial charge on any atom is 0.273 e. The summed E-state index contributed by atoms with van der Waals surface area (Å²) in [6, 6.07) is 3.11. The number of aliphatic hydroxyl groups is 1. The minimum atomic E-state index is -0.508. The molecule has 1 aliphatic heterocycles. The van der Waals surface area contributed by atoms with Gasteiger partial charge in [-0.05, 0) is 12.1 Å². The number of amides is 3. The Morgan fingerprint density at radius 1 is 1.33 bits per heavy atom. The monoisotopic (exact) mass is 287 g/mol. The van der Waals surface area contributed by atoms with Gasteiger partial charge in [-0.2, -0.15) is 0 Å². The number of rotatable bonds is 2. The summed E-state index contributed by atoms with van der Waals surface area (Å²) in [5.41, 5.74) is 0.762.